The summed E-state index contributed by atoms with van der Waals surface area (Å²) in [5, 5.41) is 3.47. The molecule has 1 aromatic heterocycles. The average molecular weight is 434 g/mol. The van der Waals surface area contributed by atoms with Crippen molar-refractivity contribution in [2.45, 2.75) is 13.8 Å². The number of hydrogen-bond donors (Lipinski definition) is 1. The number of ether oxygens (including phenoxy) is 2. The number of nitrogens with zero attached hydrogens (tertiary/aromatic N) is 1. The van der Waals surface area contributed by atoms with Crippen molar-refractivity contribution in [1.82, 2.24) is 4.98 Å². The normalized spacial score (nSPS) is 10.3. The summed E-state index contributed by atoms with van der Waals surface area (Å²) in [4.78, 5) is 28.2. The van der Waals surface area contributed by atoms with Crippen LogP contribution >= 0.6 is 38.9 Å². The van der Waals surface area contributed by atoms with Crippen molar-refractivity contribution in [3.63, 3.8) is 0 Å². The molecule has 2 aromatic rings. The molecule has 0 unspecified atom stereocenters. The molecule has 0 atom stereocenters. The third-order valence-electron chi connectivity index (χ3n) is 2.76. The van der Waals surface area contributed by atoms with Crippen molar-refractivity contribution in [3.8, 4) is 5.75 Å². The Morgan fingerprint density at radius 3 is 2.83 bits per heavy atom. The van der Waals surface area contributed by atoms with E-state index in [4.69, 9.17) is 21.1 Å². The van der Waals surface area contributed by atoms with E-state index in [1.165, 1.54) is 0 Å². The quantitative estimate of drug-likeness (QED) is 0.695. The van der Waals surface area contributed by atoms with Gasteiger partial charge in [0.05, 0.1) is 16.8 Å². The molecule has 0 saturated heterocycles. The fourth-order valence-electron chi connectivity index (χ4n) is 1.73. The van der Waals surface area contributed by atoms with Crippen LogP contribution < -0.4 is 10.1 Å². The maximum Gasteiger partial charge on any atom is 0.350 e. The number of anilines is 1. The zero-order chi connectivity index (χ0) is 17.7. The summed E-state index contributed by atoms with van der Waals surface area (Å²) in [6, 6.07) is 4.99. The molecule has 128 valence electrons. The van der Waals surface area contributed by atoms with E-state index in [-0.39, 0.29) is 19.1 Å². The van der Waals surface area contributed by atoms with Crippen molar-refractivity contribution >= 4 is 55.9 Å². The van der Waals surface area contributed by atoms with Crippen LogP contribution in [0.25, 0.3) is 0 Å². The molecule has 0 aliphatic heterocycles. The van der Waals surface area contributed by atoms with Gasteiger partial charge in [-0.1, -0.05) is 22.9 Å². The molecular formula is C15H14BrClN2O4S. The molecule has 1 N–H and O–H groups in total. The Balaban J connectivity index is 1.95. The number of carbonyl (C=O) groups is 2. The largest absolute Gasteiger partial charge is 0.483 e. The zero-order valence-corrected chi connectivity index (χ0v) is 16.0. The predicted molar refractivity (Wildman–Crippen MR) is 96.1 cm³/mol. The summed E-state index contributed by atoms with van der Waals surface area (Å²) in [7, 11) is 0. The second-order valence-electron chi connectivity index (χ2n) is 4.57. The van der Waals surface area contributed by atoms with E-state index in [0.29, 0.717) is 30.9 Å². The number of benzene rings is 1. The second kappa shape index (κ2) is 8.46. The lowest BCUT2D eigenvalue weighted by molar-refractivity contribution is -0.118. The van der Waals surface area contributed by atoms with Gasteiger partial charge >= 0.3 is 5.97 Å². The Labute approximate surface area is 156 Å². The Bertz CT molecular complexity index is 766. The van der Waals surface area contributed by atoms with Gasteiger partial charge in [0.1, 0.15) is 10.6 Å². The average Bonchev–Trinajstić information content (AvgIpc) is 2.87. The number of rotatable bonds is 6. The lowest BCUT2D eigenvalue weighted by atomic mass is 10.3. The maximum atomic E-state index is 12.0. The van der Waals surface area contributed by atoms with E-state index in [0.717, 1.165) is 11.3 Å². The Morgan fingerprint density at radius 2 is 2.17 bits per heavy atom. The van der Waals surface area contributed by atoms with Gasteiger partial charge in [-0.15, -0.1) is 0 Å². The number of aryl methyl sites for hydroxylation is 1. The van der Waals surface area contributed by atoms with Gasteiger partial charge in [-0.2, -0.15) is 0 Å². The molecule has 1 aromatic carbocycles. The number of esters is 1. The van der Waals surface area contributed by atoms with Gasteiger partial charge in [-0.3, -0.25) is 10.1 Å². The van der Waals surface area contributed by atoms with Crippen LogP contribution in [-0.2, 0) is 9.53 Å². The van der Waals surface area contributed by atoms with E-state index in [1.54, 1.807) is 32.0 Å². The Hall–Kier alpha value is -1.64. The number of amides is 1. The van der Waals surface area contributed by atoms with Crippen LogP contribution in [0.5, 0.6) is 5.75 Å². The highest BCUT2D eigenvalue weighted by Gasteiger charge is 2.17. The number of hydrogen-bond acceptors (Lipinski definition) is 6. The molecular weight excluding hydrogens is 420 g/mol. The lowest BCUT2D eigenvalue weighted by Crippen LogP contribution is -2.20. The third kappa shape index (κ3) is 4.93. The van der Waals surface area contributed by atoms with Crippen LogP contribution in [0.2, 0.25) is 5.02 Å². The van der Waals surface area contributed by atoms with E-state index < -0.39 is 5.97 Å². The molecule has 0 radical (unpaired) electrons. The Morgan fingerprint density at radius 1 is 1.42 bits per heavy atom. The molecule has 0 aliphatic carbocycles. The highest BCUT2D eigenvalue weighted by Crippen LogP contribution is 2.28. The number of nitrogens with one attached hydrogen (secondary N) is 1. The number of halogens is 2. The minimum absolute atomic E-state index is 0.201. The predicted octanol–water partition coefficient (Wildman–Crippen LogP) is 4.06. The summed E-state index contributed by atoms with van der Waals surface area (Å²) in [6.07, 6.45) is 0. The van der Waals surface area contributed by atoms with Crippen LogP contribution in [0.15, 0.2) is 22.7 Å². The maximum absolute atomic E-state index is 12.0. The smallest absolute Gasteiger partial charge is 0.350 e. The summed E-state index contributed by atoms with van der Waals surface area (Å²) in [5.74, 6) is -0.340. The molecule has 2 rings (SSSR count). The molecule has 0 spiro atoms. The van der Waals surface area contributed by atoms with Crippen LogP contribution in [0, 0.1) is 6.92 Å². The van der Waals surface area contributed by atoms with Gasteiger partial charge in [-0.25, -0.2) is 9.78 Å². The van der Waals surface area contributed by atoms with Gasteiger partial charge in [-0.05, 0) is 48.0 Å². The SMILES string of the molecule is CCOC(=O)c1sc(NC(=O)COc2ccc(Cl)cc2Br)nc1C. The van der Waals surface area contributed by atoms with Crippen molar-refractivity contribution in [3.05, 3.63) is 38.3 Å². The van der Waals surface area contributed by atoms with Crippen molar-refractivity contribution in [2.24, 2.45) is 0 Å². The number of aromatic nitrogens is 1. The number of carbonyl (C=O) groups excluding carboxylic acids is 2. The van der Waals surface area contributed by atoms with Crippen molar-refractivity contribution < 1.29 is 19.1 Å². The highest BCUT2D eigenvalue weighted by molar-refractivity contribution is 9.10. The second-order valence-corrected chi connectivity index (χ2v) is 6.86. The molecule has 0 fully saturated rings. The van der Waals surface area contributed by atoms with Crippen LogP contribution in [-0.4, -0.2) is 30.1 Å². The molecule has 1 heterocycles. The van der Waals surface area contributed by atoms with E-state index >= 15 is 0 Å². The van der Waals surface area contributed by atoms with E-state index in [9.17, 15) is 9.59 Å². The van der Waals surface area contributed by atoms with Crippen molar-refractivity contribution in [2.75, 3.05) is 18.5 Å². The fraction of sp³-hybridized carbons (Fsp3) is 0.267. The molecule has 0 aliphatic rings. The molecule has 0 bridgehead atoms. The summed E-state index contributed by atoms with van der Waals surface area (Å²) in [6.45, 7) is 3.48. The third-order valence-corrected chi connectivity index (χ3v) is 4.66. The summed E-state index contributed by atoms with van der Waals surface area (Å²) >= 11 is 10.2. The van der Waals surface area contributed by atoms with Gasteiger partial charge in [0.2, 0.25) is 0 Å². The lowest BCUT2D eigenvalue weighted by Gasteiger charge is -2.07. The van der Waals surface area contributed by atoms with Crippen LogP contribution in [0.3, 0.4) is 0 Å². The summed E-state index contributed by atoms with van der Waals surface area (Å²) < 4.78 is 11.0. The molecule has 1 amide bonds. The zero-order valence-electron chi connectivity index (χ0n) is 12.9. The van der Waals surface area contributed by atoms with Crippen molar-refractivity contribution in [1.29, 1.82) is 0 Å². The highest BCUT2D eigenvalue weighted by atomic mass is 79.9. The first kappa shape index (κ1) is 18.7. The molecule has 6 nitrogen and oxygen atoms in total. The number of thiazole rings is 1. The first-order valence-electron chi connectivity index (χ1n) is 6.93. The van der Waals surface area contributed by atoms with E-state index in [1.807, 2.05) is 0 Å². The van der Waals surface area contributed by atoms with Crippen LogP contribution in [0.1, 0.15) is 22.3 Å². The monoisotopic (exact) mass is 432 g/mol. The van der Waals surface area contributed by atoms with Gasteiger partial charge in [0, 0.05) is 5.02 Å². The van der Waals surface area contributed by atoms with Gasteiger partial charge in [0.25, 0.3) is 5.91 Å². The summed E-state index contributed by atoms with van der Waals surface area (Å²) in [5.41, 5.74) is 0.509. The fourth-order valence-corrected chi connectivity index (χ4v) is 3.40. The topological polar surface area (TPSA) is 77.5 Å². The minimum Gasteiger partial charge on any atom is -0.483 e. The minimum atomic E-state index is -0.450. The molecule has 0 saturated carbocycles. The van der Waals surface area contributed by atoms with Crippen LogP contribution in [0.4, 0.5) is 5.13 Å². The van der Waals surface area contributed by atoms with Gasteiger partial charge < -0.3 is 9.47 Å². The first-order chi connectivity index (χ1) is 11.4. The molecule has 9 heteroatoms. The first-order valence-corrected chi connectivity index (χ1v) is 8.91. The van der Waals surface area contributed by atoms with Gasteiger partial charge in [0.15, 0.2) is 11.7 Å². The van der Waals surface area contributed by atoms with E-state index in [2.05, 4.69) is 26.2 Å². The molecule has 24 heavy (non-hydrogen) atoms. The standard InChI is InChI=1S/C15H14BrClN2O4S/c1-3-22-14(21)13-8(2)18-15(24-13)19-12(20)7-23-11-5-4-9(17)6-10(11)16/h4-6H,3,7H2,1-2H3,(H,18,19,20). The Kier molecular flexibility index (Phi) is 6.59.